The van der Waals surface area contributed by atoms with Gasteiger partial charge in [-0.3, -0.25) is 20.4 Å². The van der Waals surface area contributed by atoms with Crippen molar-refractivity contribution in [3.8, 4) is 0 Å². The van der Waals surface area contributed by atoms with Gasteiger partial charge in [-0.15, -0.1) is 0 Å². The lowest BCUT2D eigenvalue weighted by molar-refractivity contribution is -0.124. The van der Waals surface area contributed by atoms with Gasteiger partial charge in [0.15, 0.2) is 0 Å². The van der Waals surface area contributed by atoms with Crippen LogP contribution in [-0.4, -0.2) is 23.9 Å². The van der Waals surface area contributed by atoms with Crippen molar-refractivity contribution < 1.29 is 14.4 Å². The normalized spacial score (nSPS) is 11.6. The van der Waals surface area contributed by atoms with Gasteiger partial charge in [-0.25, -0.2) is 4.79 Å². The van der Waals surface area contributed by atoms with E-state index in [9.17, 15) is 14.4 Å². The standard InChI is InChI=1S/C13H17ClN4O3/c1-7(2)10(16-13(15)21)12(20)18-17-11(19)8-4-3-5-9(14)6-8/h3-7,10H,1-2H3,(H,17,19)(H,18,20)(H3,15,16,21)/t10-/m0/s1. The highest BCUT2D eigenvalue weighted by atomic mass is 35.5. The Morgan fingerprint density at radius 2 is 1.86 bits per heavy atom. The van der Waals surface area contributed by atoms with E-state index in [4.69, 9.17) is 17.3 Å². The zero-order valence-electron chi connectivity index (χ0n) is 11.6. The van der Waals surface area contributed by atoms with E-state index in [1.165, 1.54) is 6.07 Å². The summed E-state index contributed by atoms with van der Waals surface area (Å²) in [6.07, 6.45) is 0. The molecule has 0 bridgehead atoms. The van der Waals surface area contributed by atoms with Gasteiger partial charge in [-0.2, -0.15) is 0 Å². The van der Waals surface area contributed by atoms with Crippen LogP contribution in [0.1, 0.15) is 24.2 Å². The van der Waals surface area contributed by atoms with Gasteiger partial charge in [0.1, 0.15) is 6.04 Å². The highest BCUT2D eigenvalue weighted by Crippen LogP contribution is 2.10. The number of rotatable bonds is 4. The Hall–Kier alpha value is -2.28. The summed E-state index contributed by atoms with van der Waals surface area (Å²) < 4.78 is 0. The predicted octanol–water partition coefficient (Wildman–Crippen LogP) is 0.794. The van der Waals surface area contributed by atoms with Crippen LogP contribution in [0, 0.1) is 5.92 Å². The van der Waals surface area contributed by atoms with Crippen molar-refractivity contribution in [2.24, 2.45) is 11.7 Å². The van der Waals surface area contributed by atoms with Crippen molar-refractivity contribution >= 4 is 29.4 Å². The van der Waals surface area contributed by atoms with Crippen molar-refractivity contribution in [2.75, 3.05) is 0 Å². The number of halogens is 1. The third-order valence-electron chi connectivity index (χ3n) is 2.63. The third kappa shape index (κ3) is 5.31. The van der Waals surface area contributed by atoms with Gasteiger partial charge < -0.3 is 11.1 Å². The average molecular weight is 313 g/mol. The molecular formula is C13H17ClN4O3. The van der Waals surface area contributed by atoms with Crippen LogP contribution in [0.4, 0.5) is 4.79 Å². The molecule has 1 atom stereocenters. The van der Waals surface area contributed by atoms with Gasteiger partial charge in [0.2, 0.25) is 0 Å². The summed E-state index contributed by atoms with van der Waals surface area (Å²) in [5.74, 6) is -1.29. The van der Waals surface area contributed by atoms with Gasteiger partial charge in [-0.05, 0) is 24.1 Å². The molecule has 0 spiro atoms. The molecule has 5 N–H and O–H groups in total. The molecule has 8 heteroatoms. The molecule has 1 aromatic carbocycles. The fourth-order valence-electron chi connectivity index (χ4n) is 1.59. The Balaban J connectivity index is 2.62. The fourth-order valence-corrected chi connectivity index (χ4v) is 1.78. The van der Waals surface area contributed by atoms with E-state index in [2.05, 4.69) is 16.2 Å². The second kappa shape index (κ2) is 7.49. The largest absolute Gasteiger partial charge is 0.352 e. The van der Waals surface area contributed by atoms with Gasteiger partial charge >= 0.3 is 6.03 Å². The fraction of sp³-hybridized carbons (Fsp3) is 0.308. The summed E-state index contributed by atoms with van der Waals surface area (Å²) in [5, 5.41) is 2.71. The molecule has 7 nitrogen and oxygen atoms in total. The Kier molecular flexibility index (Phi) is 5.98. The number of benzene rings is 1. The van der Waals surface area contributed by atoms with Gasteiger partial charge in [0.05, 0.1) is 0 Å². The molecule has 0 saturated carbocycles. The lowest BCUT2D eigenvalue weighted by atomic mass is 10.0. The maximum atomic E-state index is 11.9. The van der Waals surface area contributed by atoms with Crippen LogP contribution in [0.3, 0.4) is 0 Å². The first-order chi connectivity index (χ1) is 9.81. The second-order valence-corrected chi connectivity index (χ2v) is 5.12. The topological polar surface area (TPSA) is 113 Å². The molecule has 1 rings (SSSR count). The minimum absolute atomic E-state index is 0.194. The summed E-state index contributed by atoms with van der Waals surface area (Å²) >= 11 is 5.77. The van der Waals surface area contributed by atoms with Crippen molar-refractivity contribution in [2.45, 2.75) is 19.9 Å². The van der Waals surface area contributed by atoms with Gasteiger partial charge in [0.25, 0.3) is 11.8 Å². The van der Waals surface area contributed by atoms with E-state index >= 15 is 0 Å². The van der Waals surface area contributed by atoms with Gasteiger partial charge in [-0.1, -0.05) is 31.5 Å². The number of hydrogen-bond donors (Lipinski definition) is 4. The van der Waals surface area contributed by atoms with Crippen LogP contribution in [0.2, 0.25) is 5.02 Å². The molecule has 0 aliphatic rings. The molecule has 0 radical (unpaired) electrons. The van der Waals surface area contributed by atoms with Crippen molar-refractivity contribution in [1.82, 2.24) is 16.2 Å². The highest BCUT2D eigenvalue weighted by Gasteiger charge is 2.23. The molecule has 1 aromatic rings. The number of urea groups is 1. The van der Waals surface area contributed by atoms with Crippen LogP contribution in [0.5, 0.6) is 0 Å². The summed E-state index contributed by atoms with van der Waals surface area (Å²) in [7, 11) is 0. The molecular weight excluding hydrogens is 296 g/mol. The van der Waals surface area contributed by atoms with Crippen LogP contribution >= 0.6 is 11.6 Å². The lowest BCUT2D eigenvalue weighted by Gasteiger charge is -2.20. The monoisotopic (exact) mass is 312 g/mol. The smallest absolute Gasteiger partial charge is 0.312 e. The molecule has 0 aliphatic heterocycles. The number of hydrogen-bond acceptors (Lipinski definition) is 3. The Morgan fingerprint density at radius 1 is 1.19 bits per heavy atom. The number of nitrogens with two attached hydrogens (primary N) is 1. The molecule has 0 heterocycles. The summed E-state index contributed by atoms with van der Waals surface area (Å²) in [4.78, 5) is 34.6. The number of carbonyl (C=O) groups is 3. The van der Waals surface area contributed by atoms with Crippen molar-refractivity contribution in [3.63, 3.8) is 0 Å². The van der Waals surface area contributed by atoms with Crippen molar-refractivity contribution in [1.29, 1.82) is 0 Å². The first-order valence-electron chi connectivity index (χ1n) is 6.23. The molecule has 114 valence electrons. The lowest BCUT2D eigenvalue weighted by Crippen LogP contribution is -2.55. The van der Waals surface area contributed by atoms with Crippen LogP contribution in [-0.2, 0) is 4.79 Å². The predicted molar refractivity (Wildman–Crippen MR) is 78.4 cm³/mol. The Bertz CT molecular complexity index is 548. The quantitative estimate of drug-likeness (QED) is 0.616. The van der Waals surface area contributed by atoms with E-state index in [-0.39, 0.29) is 5.92 Å². The zero-order chi connectivity index (χ0) is 16.0. The molecule has 0 aromatic heterocycles. The van der Waals surface area contributed by atoms with Gasteiger partial charge in [0, 0.05) is 10.6 Å². The molecule has 0 aliphatic carbocycles. The number of hydrazine groups is 1. The minimum Gasteiger partial charge on any atom is -0.352 e. The van der Waals surface area contributed by atoms with E-state index < -0.39 is 23.9 Å². The van der Waals surface area contributed by atoms with E-state index in [0.717, 1.165) is 0 Å². The van der Waals surface area contributed by atoms with Crippen LogP contribution in [0.15, 0.2) is 24.3 Å². The summed E-state index contributed by atoms with van der Waals surface area (Å²) in [6.45, 7) is 3.47. The maximum Gasteiger partial charge on any atom is 0.312 e. The van der Waals surface area contributed by atoms with E-state index in [1.807, 2.05) is 0 Å². The second-order valence-electron chi connectivity index (χ2n) is 4.68. The SMILES string of the molecule is CC(C)[C@H](NC(N)=O)C(=O)NNC(=O)c1cccc(Cl)c1. The minimum atomic E-state index is -0.845. The molecule has 0 unspecified atom stereocenters. The molecule has 21 heavy (non-hydrogen) atoms. The van der Waals surface area contributed by atoms with E-state index in [1.54, 1.807) is 32.0 Å². The first kappa shape index (κ1) is 16.8. The molecule has 0 saturated heterocycles. The maximum absolute atomic E-state index is 11.9. The van der Waals surface area contributed by atoms with Crippen LogP contribution < -0.4 is 21.9 Å². The Labute approximate surface area is 127 Å². The molecule has 4 amide bonds. The zero-order valence-corrected chi connectivity index (χ0v) is 12.4. The highest BCUT2D eigenvalue weighted by molar-refractivity contribution is 6.30. The average Bonchev–Trinajstić information content (AvgIpc) is 2.41. The number of carbonyl (C=O) groups excluding carboxylic acids is 3. The van der Waals surface area contributed by atoms with Crippen LogP contribution in [0.25, 0.3) is 0 Å². The summed E-state index contributed by atoms with van der Waals surface area (Å²) in [6, 6.07) is 4.60. The first-order valence-corrected chi connectivity index (χ1v) is 6.60. The van der Waals surface area contributed by atoms with E-state index in [0.29, 0.717) is 10.6 Å². The number of nitrogens with one attached hydrogen (secondary N) is 3. The number of amides is 4. The number of primary amides is 1. The Morgan fingerprint density at radius 3 is 2.38 bits per heavy atom. The third-order valence-corrected chi connectivity index (χ3v) is 2.87. The summed E-state index contributed by atoms with van der Waals surface area (Å²) in [5.41, 5.74) is 9.78. The van der Waals surface area contributed by atoms with Crippen molar-refractivity contribution in [3.05, 3.63) is 34.9 Å². The molecule has 0 fully saturated rings.